The Morgan fingerprint density at radius 1 is 0.833 bits per heavy atom. The maximum atomic E-state index is 12.4. The molecule has 3 aromatic rings. The molecule has 118 valence electrons. The predicted octanol–water partition coefficient (Wildman–Crippen LogP) is 4.12. The van der Waals surface area contributed by atoms with Crippen molar-refractivity contribution in [3.8, 4) is 11.1 Å². The average molecular weight is 315 g/mol. The van der Waals surface area contributed by atoms with Crippen molar-refractivity contribution in [2.45, 2.75) is 12.5 Å². The Morgan fingerprint density at radius 3 is 1.96 bits per heavy atom. The Bertz CT molecular complexity index is 854. The highest BCUT2D eigenvalue weighted by molar-refractivity contribution is 5.80. The number of carbonyl (C=O) groups excluding carboxylic acids is 1. The molecular weight excluding hydrogens is 298 g/mol. The van der Waals surface area contributed by atoms with Gasteiger partial charge in [-0.05, 0) is 28.8 Å². The van der Waals surface area contributed by atoms with Crippen LogP contribution < -0.4 is 5.73 Å². The standard InChI is InChI=1S/C21H17NO2/c22-15-11-9-14(10-12-15)13-20(23)24-21-18-7-3-1-5-16(18)17-6-2-4-8-19(17)21/h1-12,21H,13,22H2. The first kappa shape index (κ1) is 14.5. The molecule has 0 radical (unpaired) electrons. The summed E-state index contributed by atoms with van der Waals surface area (Å²) in [6.07, 6.45) is -0.0973. The molecule has 0 amide bonds. The minimum Gasteiger partial charge on any atom is -0.452 e. The lowest BCUT2D eigenvalue weighted by Gasteiger charge is -2.15. The molecule has 4 rings (SSSR count). The van der Waals surface area contributed by atoms with Crippen LogP contribution in [-0.4, -0.2) is 5.97 Å². The summed E-state index contributed by atoms with van der Waals surface area (Å²) < 4.78 is 5.83. The largest absolute Gasteiger partial charge is 0.452 e. The van der Waals surface area contributed by atoms with Gasteiger partial charge in [0.05, 0.1) is 6.42 Å². The smallest absolute Gasteiger partial charge is 0.311 e. The molecule has 1 aliphatic rings. The highest BCUT2D eigenvalue weighted by Gasteiger charge is 2.30. The monoisotopic (exact) mass is 315 g/mol. The minimum atomic E-state index is -0.335. The van der Waals surface area contributed by atoms with Crippen LogP contribution in [0.4, 0.5) is 5.69 Å². The Balaban J connectivity index is 1.60. The Morgan fingerprint density at radius 2 is 1.38 bits per heavy atom. The van der Waals surface area contributed by atoms with E-state index in [1.807, 2.05) is 48.5 Å². The molecule has 0 fully saturated rings. The molecular formula is C21H17NO2. The number of anilines is 1. The van der Waals surface area contributed by atoms with Gasteiger partial charge in [-0.3, -0.25) is 4.79 Å². The molecule has 3 aromatic carbocycles. The van der Waals surface area contributed by atoms with E-state index in [0.29, 0.717) is 5.69 Å². The van der Waals surface area contributed by atoms with E-state index >= 15 is 0 Å². The number of nitrogens with two attached hydrogens (primary N) is 1. The van der Waals surface area contributed by atoms with E-state index in [9.17, 15) is 4.79 Å². The van der Waals surface area contributed by atoms with E-state index in [4.69, 9.17) is 10.5 Å². The van der Waals surface area contributed by atoms with Crippen molar-refractivity contribution in [3.05, 3.63) is 89.5 Å². The Hall–Kier alpha value is -3.07. The number of ether oxygens (including phenoxy) is 1. The SMILES string of the molecule is Nc1ccc(CC(=O)OC2c3ccccc3-c3ccccc32)cc1. The van der Waals surface area contributed by atoms with Gasteiger partial charge in [-0.15, -0.1) is 0 Å². The van der Waals surface area contributed by atoms with E-state index in [-0.39, 0.29) is 18.5 Å². The van der Waals surface area contributed by atoms with Crippen molar-refractivity contribution in [1.29, 1.82) is 0 Å². The molecule has 0 bridgehead atoms. The van der Waals surface area contributed by atoms with E-state index in [2.05, 4.69) is 12.1 Å². The van der Waals surface area contributed by atoms with Crippen molar-refractivity contribution in [1.82, 2.24) is 0 Å². The molecule has 3 nitrogen and oxygen atoms in total. The van der Waals surface area contributed by atoms with Gasteiger partial charge in [-0.2, -0.15) is 0 Å². The highest BCUT2D eigenvalue weighted by Crippen LogP contribution is 2.45. The van der Waals surface area contributed by atoms with E-state index in [0.717, 1.165) is 27.8 Å². The molecule has 1 aliphatic carbocycles. The number of hydrogen-bond acceptors (Lipinski definition) is 3. The first-order valence-corrected chi connectivity index (χ1v) is 7.94. The van der Waals surface area contributed by atoms with Crippen LogP contribution in [0.2, 0.25) is 0 Å². The quantitative estimate of drug-likeness (QED) is 0.584. The van der Waals surface area contributed by atoms with Crippen LogP contribution in [0.5, 0.6) is 0 Å². The average Bonchev–Trinajstić information content (AvgIpc) is 2.92. The summed E-state index contributed by atoms with van der Waals surface area (Å²) in [7, 11) is 0. The summed E-state index contributed by atoms with van der Waals surface area (Å²) >= 11 is 0. The van der Waals surface area contributed by atoms with Gasteiger partial charge in [-0.1, -0.05) is 60.7 Å². The van der Waals surface area contributed by atoms with Gasteiger partial charge >= 0.3 is 5.97 Å². The van der Waals surface area contributed by atoms with Crippen LogP contribution in [-0.2, 0) is 16.0 Å². The fourth-order valence-electron chi connectivity index (χ4n) is 3.21. The lowest BCUT2D eigenvalue weighted by atomic mass is 10.1. The summed E-state index contributed by atoms with van der Waals surface area (Å²) in [5, 5.41) is 0. The zero-order chi connectivity index (χ0) is 16.5. The number of esters is 1. The van der Waals surface area contributed by atoms with Gasteiger partial charge in [0.2, 0.25) is 0 Å². The summed E-state index contributed by atoms with van der Waals surface area (Å²) in [5.74, 6) is -0.240. The van der Waals surface area contributed by atoms with E-state index in [1.54, 1.807) is 12.1 Å². The molecule has 0 unspecified atom stereocenters. The number of fused-ring (bicyclic) bond motifs is 3. The van der Waals surface area contributed by atoms with Gasteiger partial charge in [-0.25, -0.2) is 0 Å². The zero-order valence-corrected chi connectivity index (χ0v) is 13.1. The second-order valence-electron chi connectivity index (χ2n) is 5.96. The lowest BCUT2D eigenvalue weighted by Crippen LogP contribution is -2.13. The summed E-state index contributed by atoms with van der Waals surface area (Å²) in [5.41, 5.74) is 11.6. The third kappa shape index (κ3) is 2.54. The second-order valence-corrected chi connectivity index (χ2v) is 5.96. The third-order valence-corrected chi connectivity index (χ3v) is 4.35. The van der Waals surface area contributed by atoms with Gasteiger partial charge < -0.3 is 10.5 Å². The molecule has 2 N–H and O–H groups in total. The van der Waals surface area contributed by atoms with Crippen LogP contribution in [0.3, 0.4) is 0 Å². The third-order valence-electron chi connectivity index (χ3n) is 4.35. The molecule has 0 aliphatic heterocycles. The van der Waals surface area contributed by atoms with Crippen LogP contribution in [0.1, 0.15) is 22.8 Å². The summed E-state index contributed by atoms with van der Waals surface area (Å²) in [4.78, 5) is 12.4. The fraction of sp³-hybridized carbons (Fsp3) is 0.0952. The van der Waals surface area contributed by atoms with E-state index < -0.39 is 0 Å². The Kier molecular flexibility index (Phi) is 3.54. The molecule has 3 heteroatoms. The lowest BCUT2D eigenvalue weighted by molar-refractivity contribution is -0.146. The van der Waals surface area contributed by atoms with Crippen LogP contribution in [0.25, 0.3) is 11.1 Å². The Labute approximate surface area is 140 Å². The van der Waals surface area contributed by atoms with Gasteiger partial charge in [0.1, 0.15) is 0 Å². The zero-order valence-electron chi connectivity index (χ0n) is 13.1. The first-order valence-electron chi connectivity index (χ1n) is 7.94. The van der Waals surface area contributed by atoms with Gasteiger partial charge in [0.25, 0.3) is 0 Å². The number of carbonyl (C=O) groups is 1. The van der Waals surface area contributed by atoms with Crippen LogP contribution in [0, 0.1) is 0 Å². The number of nitrogen functional groups attached to an aromatic ring is 1. The molecule has 0 atom stereocenters. The topological polar surface area (TPSA) is 52.3 Å². The minimum absolute atomic E-state index is 0.237. The molecule has 0 spiro atoms. The molecule has 0 saturated heterocycles. The number of benzene rings is 3. The number of rotatable bonds is 3. The van der Waals surface area contributed by atoms with Crippen molar-refractivity contribution >= 4 is 11.7 Å². The normalized spacial score (nSPS) is 12.5. The maximum Gasteiger partial charge on any atom is 0.311 e. The fourth-order valence-corrected chi connectivity index (χ4v) is 3.21. The summed E-state index contributed by atoms with van der Waals surface area (Å²) in [6.45, 7) is 0. The van der Waals surface area contributed by atoms with E-state index in [1.165, 1.54) is 0 Å². The second kappa shape index (κ2) is 5.85. The van der Waals surface area contributed by atoms with Crippen LogP contribution >= 0.6 is 0 Å². The maximum absolute atomic E-state index is 12.4. The van der Waals surface area contributed by atoms with Crippen LogP contribution in [0.15, 0.2) is 72.8 Å². The molecule has 24 heavy (non-hydrogen) atoms. The highest BCUT2D eigenvalue weighted by atomic mass is 16.5. The van der Waals surface area contributed by atoms with Gasteiger partial charge in [0.15, 0.2) is 6.10 Å². The molecule has 0 heterocycles. The molecule has 0 saturated carbocycles. The molecule has 0 aromatic heterocycles. The van der Waals surface area contributed by atoms with Crippen molar-refractivity contribution in [2.75, 3.05) is 5.73 Å². The first-order chi connectivity index (χ1) is 11.7. The van der Waals surface area contributed by atoms with Crippen molar-refractivity contribution < 1.29 is 9.53 Å². The van der Waals surface area contributed by atoms with Crippen molar-refractivity contribution in [2.24, 2.45) is 0 Å². The van der Waals surface area contributed by atoms with Crippen molar-refractivity contribution in [3.63, 3.8) is 0 Å². The predicted molar refractivity (Wildman–Crippen MR) is 94.4 cm³/mol. The summed E-state index contributed by atoms with van der Waals surface area (Å²) in [6, 6.07) is 23.5. The number of hydrogen-bond donors (Lipinski definition) is 1. The van der Waals surface area contributed by atoms with Gasteiger partial charge in [0, 0.05) is 16.8 Å².